The van der Waals surface area contributed by atoms with Crippen molar-refractivity contribution in [3.8, 4) is 0 Å². The van der Waals surface area contributed by atoms with Crippen LogP contribution in [-0.2, 0) is 0 Å². The Hall–Kier alpha value is -0.960. The number of amidine groups is 1. The van der Waals surface area contributed by atoms with Gasteiger partial charge in [-0.15, -0.1) is 12.6 Å². The van der Waals surface area contributed by atoms with Gasteiger partial charge in [0.05, 0.1) is 0 Å². The van der Waals surface area contributed by atoms with Gasteiger partial charge in [-0.3, -0.25) is 4.99 Å². The van der Waals surface area contributed by atoms with E-state index in [1.807, 2.05) is 13.1 Å². The molecule has 0 radical (unpaired) electrons. The van der Waals surface area contributed by atoms with Crippen LogP contribution in [0.5, 0.6) is 0 Å². The number of hydrogen-bond acceptors (Lipinski definition) is 2. The second-order valence-electron chi connectivity index (χ2n) is 2.15. The van der Waals surface area contributed by atoms with Crippen LogP contribution >= 0.6 is 12.6 Å². The van der Waals surface area contributed by atoms with E-state index in [2.05, 4.69) is 30.8 Å². The van der Waals surface area contributed by atoms with E-state index in [4.69, 9.17) is 0 Å². The highest BCUT2D eigenvalue weighted by atomic mass is 32.1. The van der Waals surface area contributed by atoms with Crippen LogP contribution in [0, 0.1) is 0 Å². The van der Waals surface area contributed by atoms with Crippen molar-refractivity contribution in [1.29, 1.82) is 0 Å². The summed E-state index contributed by atoms with van der Waals surface area (Å²) in [6.45, 7) is 9.17. The molecule has 0 bridgehead atoms. The first-order valence-electron chi connectivity index (χ1n) is 3.53. The van der Waals surface area contributed by atoms with Crippen LogP contribution in [0.1, 0.15) is 6.92 Å². The lowest BCUT2D eigenvalue weighted by Gasteiger charge is -2.14. The van der Waals surface area contributed by atoms with E-state index in [1.54, 1.807) is 24.2 Å². The molecule has 0 amide bonds. The van der Waals surface area contributed by atoms with Crippen molar-refractivity contribution in [2.45, 2.75) is 6.92 Å². The molecule has 0 saturated carbocycles. The molecular formula is C9H14N2S. The van der Waals surface area contributed by atoms with E-state index in [1.165, 1.54) is 0 Å². The van der Waals surface area contributed by atoms with Gasteiger partial charge in [-0.2, -0.15) is 0 Å². The summed E-state index contributed by atoms with van der Waals surface area (Å²) in [5, 5.41) is 0. The Balaban J connectivity index is 4.66. The maximum Gasteiger partial charge on any atom is 0.130 e. The number of hydrogen-bond donors (Lipinski definition) is 1. The second kappa shape index (κ2) is 5.66. The third-order valence-corrected chi connectivity index (χ3v) is 1.31. The van der Waals surface area contributed by atoms with Gasteiger partial charge < -0.3 is 4.90 Å². The molecule has 3 heteroatoms. The number of aliphatic imine (C=N–C) groups is 1. The Morgan fingerprint density at radius 3 is 2.33 bits per heavy atom. The summed E-state index contributed by atoms with van der Waals surface area (Å²) in [5.74, 6) is 0.749. The maximum absolute atomic E-state index is 4.15. The van der Waals surface area contributed by atoms with Gasteiger partial charge in [0.2, 0.25) is 0 Å². The maximum atomic E-state index is 4.15. The van der Waals surface area contributed by atoms with Crippen molar-refractivity contribution in [3.63, 3.8) is 0 Å². The van der Waals surface area contributed by atoms with Crippen LogP contribution < -0.4 is 0 Å². The zero-order chi connectivity index (χ0) is 9.56. The molecule has 0 aliphatic rings. The molecule has 0 rings (SSSR count). The quantitative estimate of drug-likeness (QED) is 0.402. The van der Waals surface area contributed by atoms with E-state index in [-0.39, 0.29) is 0 Å². The minimum Gasteiger partial charge on any atom is -0.309 e. The molecule has 0 aliphatic heterocycles. The Morgan fingerprint density at radius 2 is 2.08 bits per heavy atom. The van der Waals surface area contributed by atoms with Gasteiger partial charge in [-0.1, -0.05) is 13.2 Å². The Morgan fingerprint density at radius 1 is 1.50 bits per heavy atom. The van der Waals surface area contributed by atoms with Crippen LogP contribution in [0.2, 0.25) is 0 Å². The lowest BCUT2D eigenvalue weighted by molar-refractivity contribution is 0.761. The van der Waals surface area contributed by atoms with Gasteiger partial charge in [-0.25, -0.2) is 0 Å². The van der Waals surface area contributed by atoms with Crippen LogP contribution in [-0.4, -0.2) is 17.8 Å². The molecule has 0 unspecified atom stereocenters. The highest BCUT2D eigenvalue weighted by Gasteiger charge is 1.98. The van der Waals surface area contributed by atoms with Gasteiger partial charge in [0.25, 0.3) is 0 Å². The fourth-order valence-electron chi connectivity index (χ4n) is 0.726. The van der Waals surface area contributed by atoms with Gasteiger partial charge in [0.1, 0.15) is 5.84 Å². The third kappa shape index (κ3) is 3.44. The predicted octanol–water partition coefficient (Wildman–Crippen LogP) is 2.44. The molecule has 66 valence electrons. The summed E-state index contributed by atoms with van der Waals surface area (Å²) in [5.41, 5.74) is 0. The number of allylic oxidation sites excluding steroid dienone is 1. The lowest BCUT2D eigenvalue weighted by Crippen LogP contribution is -2.17. The molecule has 0 fully saturated rings. The monoisotopic (exact) mass is 182 g/mol. The van der Waals surface area contributed by atoms with Crippen LogP contribution in [0.15, 0.2) is 41.5 Å². The average molecular weight is 182 g/mol. The summed E-state index contributed by atoms with van der Waals surface area (Å²) in [7, 11) is 1.70. The molecule has 0 aromatic heterocycles. The molecular weight excluding hydrogens is 168 g/mol. The molecule has 0 N–H and O–H groups in total. The second-order valence-corrected chi connectivity index (χ2v) is 2.85. The number of rotatable bonds is 3. The van der Waals surface area contributed by atoms with Crippen molar-refractivity contribution >= 4 is 18.5 Å². The van der Waals surface area contributed by atoms with E-state index < -0.39 is 0 Å². The largest absolute Gasteiger partial charge is 0.309 e. The van der Waals surface area contributed by atoms with Crippen LogP contribution in [0.4, 0.5) is 0 Å². The highest BCUT2D eigenvalue weighted by Crippen LogP contribution is 2.03. The van der Waals surface area contributed by atoms with Crippen molar-refractivity contribution in [2.24, 2.45) is 4.99 Å². The number of thiol groups is 1. The zero-order valence-electron chi connectivity index (χ0n) is 7.49. The van der Waals surface area contributed by atoms with E-state index in [9.17, 15) is 0 Å². The Bertz CT molecular complexity index is 225. The molecule has 0 aliphatic carbocycles. The molecule has 2 nitrogen and oxygen atoms in total. The first-order valence-corrected chi connectivity index (χ1v) is 3.98. The van der Waals surface area contributed by atoms with Gasteiger partial charge in [0, 0.05) is 19.4 Å². The Kier molecular flexibility index (Phi) is 5.21. The molecule has 0 saturated heterocycles. The summed E-state index contributed by atoms with van der Waals surface area (Å²) in [4.78, 5) is 6.65. The normalized spacial score (nSPS) is 12.6. The van der Waals surface area contributed by atoms with Crippen LogP contribution in [0.3, 0.4) is 0 Å². The van der Waals surface area contributed by atoms with Gasteiger partial charge in [0.15, 0.2) is 0 Å². The number of nitrogens with zero attached hydrogens (tertiary/aromatic N) is 2. The topological polar surface area (TPSA) is 15.6 Å². The first kappa shape index (κ1) is 11.0. The fraction of sp³-hybridized carbons (Fsp3) is 0.222. The molecule has 12 heavy (non-hydrogen) atoms. The van der Waals surface area contributed by atoms with Gasteiger partial charge in [-0.05, 0) is 17.9 Å². The van der Waals surface area contributed by atoms with E-state index in [0.29, 0.717) is 0 Å². The summed E-state index contributed by atoms with van der Waals surface area (Å²) < 4.78 is 0. The SMILES string of the molecule is C=CC(=NC)N(C=C)/C=C(\C)S. The summed E-state index contributed by atoms with van der Waals surface area (Å²) >= 11 is 4.15. The minimum absolute atomic E-state index is 0.749. The van der Waals surface area contributed by atoms with E-state index >= 15 is 0 Å². The Labute approximate surface area is 79.4 Å². The molecule has 0 heterocycles. The van der Waals surface area contributed by atoms with Crippen molar-refractivity contribution in [2.75, 3.05) is 7.05 Å². The first-order chi connectivity index (χ1) is 5.65. The average Bonchev–Trinajstić information content (AvgIpc) is 2.04. The fourth-order valence-corrected chi connectivity index (χ4v) is 0.850. The van der Waals surface area contributed by atoms with Crippen molar-refractivity contribution < 1.29 is 0 Å². The van der Waals surface area contributed by atoms with Gasteiger partial charge >= 0.3 is 0 Å². The molecule has 0 aromatic rings. The third-order valence-electron chi connectivity index (χ3n) is 1.20. The molecule has 0 atom stereocenters. The lowest BCUT2D eigenvalue weighted by atomic mass is 10.5. The summed E-state index contributed by atoms with van der Waals surface area (Å²) in [6.07, 6.45) is 5.14. The predicted molar refractivity (Wildman–Crippen MR) is 58.3 cm³/mol. The molecule has 0 aromatic carbocycles. The van der Waals surface area contributed by atoms with Crippen molar-refractivity contribution in [3.05, 3.63) is 36.5 Å². The van der Waals surface area contributed by atoms with Crippen LogP contribution in [0.25, 0.3) is 0 Å². The summed E-state index contributed by atoms with van der Waals surface area (Å²) in [6, 6.07) is 0. The smallest absolute Gasteiger partial charge is 0.130 e. The zero-order valence-corrected chi connectivity index (χ0v) is 8.38. The minimum atomic E-state index is 0.749. The highest BCUT2D eigenvalue weighted by molar-refractivity contribution is 7.84. The van der Waals surface area contributed by atoms with E-state index in [0.717, 1.165) is 10.7 Å². The van der Waals surface area contributed by atoms with Crippen molar-refractivity contribution in [1.82, 2.24) is 4.90 Å². The molecule has 0 spiro atoms. The standard InChI is InChI=1S/C9H14N2S/c1-5-9(10-4)11(6-2)7-8(3)12/h5-7,12H,1-2H2,3-4H3/b8-7+,10-9?.